The molecule has 0 radical (unpaired) electrons. The zero-order chi connectivity index (χ0) is 19.8. The van der Waals surface area contributed by atoms with Gasteiger partial charge in [0.15, 0.2) is 5.96 Å². The number of likely N-dealkylation sites (tertiary alicyclic amines) is 1. The van der Waals surface area contributed by atoms with Crippen molar-refractivity contribution in [3.63, 3.8) is 0 Å². The lowest BCUT2D eigenvalue weighted by Gasteiger charge is -2.32. The monoisotopic (exact) mass is 513 g/mol. The molecule has 0 atom stereocenters. The highest BCUT2D eigenvalue weighted by molar-refractivity contribution is 14.0. The van der Waals surface area contributed by atoms with Crippen LogP contribution in [0.4, 0.5) is 0 Å². The molecule has 1 aliphatic rings. The lowest BCUT2D eigenvalue weighted by Crippen LogP contribution is -2.43. The molecule has 6 nitrogen and oxygen atoms in total. The Morgan fingerprint density at radius 3 is 2.79 bits per heavy atom. The van der Waals surface area contributed by atoms with Gasteiger partial charge >= 0.3 is 0 Å². The van der Waals surface area contributed by atoms with E-state index in [0.29, 0.717) is 5.92 Å². The maximum absolute atomic E-state index is 5.18. The fourth-order valence-electron chi connectivity index (χ4n) is 3.98. The number of ether oxygens (including phenoxy) is 1. The summed E-state index contributed by atoms with van der Waals surface area (Å²) in [4.78, 5) is 10.3. The number of fused-ring (bicyclic) bond motifs is 1. The van der Waals surface area contributed by atoms with E-state index < -0.39 is 0 Å². The van der Waals surface area contributed by atoms with Gasteiger partial charge in [-0.25, -0.2) is 0 Å². The molecule has 7 heteroatoms. The van der Waals surface area contributed by atoms with Crippen molar-refractivity contribution < 1.29 is 4.74 Å². The average Bonchev–Trinajstić information content (AvgIpc) is 3.14. The molecular weight excluding hydrogens is 477 g/mol. The zero-order valence-corrected chi connectivity index (χ0v) is 20.3. The second-order valence-electron chi connectivity index (χ2n) is 7.72. The van der Waals surface area contributed by atoms with Gasteiger partial charge in [0.1, 0.15) is 0 Å². The Morgan fingerprint density at radius 2 is 2.07 bits per heavy atom. The fraction of sp³-hybridized carbons (Fsp3) is 0.591. The van der Waals surface area contributed by atoms with Crippen molar-refractivity contribution in [3.05, 3.63) is 35.5 Å². The van der Waals surface area contributed by atoms with Crippen LogP contribution in [0.25, 0.3) is 10.9 Å². The number of aromatic nitrogens is 1. The van der Waals surface area contributed by atoms with Gasteiger partial charge in [-0.2, -0.15) is 0 Å². The standard InChI is InChI=1S/C22H35N5O.HI/c1-17-5-4-6-20-19(16-25-21(17)20)7-10-24-22(23-2)26-15-18-8-11-27(12-9-18)13-14-28-3;/h4-6,16,18,25H,7-15H2,1-3H3,(H2,23,24,26);1H. The summed E-state index contributed by atoms with van der Waals surface area (Å²) in [7, 11) is 3.62. The van der Waals surface area contributed by atoms with Crippen LogP contribution in [0.1, 0.15) is 24.0 Å². The highest BCUT2D eigenvalue weighted by Gasteiger charge is 2.19. The Hall–Kier alpha value is -1.32. The number of methoxy groups -OCH3 is 1. The largest absolute Gasteiger partial charge is 0.383 e. The second kappa shape index (κ2) is 12.4. The van der Waals surface area contributed by atoms with Crippen molar-refractivity contribution in [2.45, 2.75) is 26.2 Å². The Balaban J connectivity index is 0.00000300. The van der Waals surface area contributed by atoms with Gasteiger partial charge < -0.3 is 25.3 Å². The van der Waals surface area contributed by atoms with Crippen molar-refractivity contribution in [2.75, 3.05) is 53.5 Å². The molecule has 0 spiro atoms. The van der Waals surface area contributed by atoms with Crippen LogP contribution < -0.4 is 10.6 Å². The maximum atomic E-state index is 5.18. The van der Waals surface area contributed by atoms with Crippen LogP contribution in [0.2, 0.25) is 0 Å². The van der Waals surface area contributed by atoms with Crippen molar-refractivity contribution in [1.82, 2.24) is 20.5 Å². The van der Waals surface area contributed by atoms with E-state index in [1.165, 1.54) is 48.0 Å². The summed E-state index contributed by atoms with van der Waals surface area (Å²) in [5, 5.41) is 8.30. The lowest BCUT2D eigenvalue weighted by atomic mass is 9.97. The van der Waals surface area contributed by atoms with Crippen LogP contribution in [0.15, 0.2) is 29.4 Å². The molecule has 29 heavy (non-hydrogen) atoms. The predicted octanol–water partition coefficient (Wildman–Crippen LogP) is 3.16. The molecule has 162 valence electrons. The molecule has 0 saturated carbocycles. The Bertz CT molecular complexity index is 768. The number of nitrogens with one attached hydrogen (secondary N) is 3. The number of hydrogen-bond acceptors (Lipinski definition) is 3. The molecule has 0 unspecified atom stereocenters. The smallest absolute Gasteiger partial charge is 0.190 e. The Labute approximate surface area is 191 Å². The third-order valence-electron chi connectivity index (χ3n) is 5.80. The average molecular weight is 513 g/mol. The summed E-state index contributed by atoms with van der Waals surface area (Å²) in [5.74, 6) is 1.62. The lowest BCUT2D eigenvalue weighted by molar-refractivity contribution is 0.121. The van der Waals surface area contributed by atoms with Gasteiger partial charge in [-0.3, -0.25) is 4.99 Å². The molecule has 0 amide bonds. The number of aliphatic imine (C=N–C) groups is 1. The molecule has 0 bridgehead atoms. The molecule has 2 heterocycles. The van der Waals surface area contributed by atoms with Crippen LogP contribution in [-0.4, -0.2) is 69.3 Å². The molecule has 3 rings (SSSR count). The number of aromatic amines is 1. The van der Waals surface area contributed by atoms with Crippen LogP contribution in [0.3, 0.4) is 0 Å². The highest BCUT2D eigenvalue weighted by atomic mass is 127. The van der Waals surface area contributed by atoms with Crippen molar-refractivity contribution in [3.8, 4) is 0 Å². The van der Waals surface area contributed by atoms with Crippen molar-refractivity contribution in [2.24, 2.45) is 10.9 Å². The fourth-order valence-corrected chi connectivity index (χ4v) is 3.98. The van der Waals surface area contributed by atoms with E-state index in [-0.39, 0.29) is 24.0 Å². The minimum atomic E-state index is 0. The van der Waals surface area contributed by atoms with Crippen LogP contribution in [0, 0.1) is 12.8 Å². The summed E-state index contributed by atoms with van der Waals surface area (Å²) in [6.45, 7) is 8.22. The number of aryl methyl sites for hydroxylation is 1. The first-order chi connectivity index (χ1) is 13.7. The van der Waals surface area contributed by atoms with Gasteiger partial charge in [0.25, 0.3) is 0 Å². The van der Waals surface area contributed by atoms with E-state index in [4.69, 9.17) is 4.74 Å². The molecule has 2 aromatic rings. The van der Waals surface area contributed by atoms with Gasteiger partial charge in [-0.15, -0.1) is 24.0 Å². The molecule has 1 aliphatic heterocycles. The zero-order valence-electron chi connectivity index (χ0n) is 18.0. The minimum Gasteiger partial charge on any atom is -0.383 e. The number of rotatable bonds is 8. The number of nitrogens with zero attached hydrogens (tertiary/aromatic N) is 2. The van der Waals surface area contributed by atoms with Gasteiger partial charge in [0, 0.05) is 50.9 Å². The molecular formula is C22H36IN5O. The van der Waals surface area contributed by atoms with E-state index >= 15 is 0 Å². The van der Waals surface area contributed by atoms with Crippen LogP contribution >= 0.6 is 24.0 Å². The molecule has 0 aliphatic carbocycles. The number of halogens is 1. The van der Waals surface area contributed by atoms with Gasteiger partial charge in [0.2, 0.25) is 0 Å². The topological polar surface area (TPSA) is 64.7 Å². The quantitative estimate of drug-likeness (QED) is 0.288. The summed E-state index contributed by atoms with van der Waals surface area (Å²) >= 11 is 0. The van der Waals surface area contributed by atoms with E-state index in [1.54, 1.807) is 7.11 Å². The molecule has 1 aromatic carbocycles. The maximum Gasteiger partial charge on any atom is 0.190 e. The van der Waals surface area contributed by atoms with Gasteiger partial charge in [0.05, 0.1) is 6.61 Å². The Morgan fingerprint density at radius 1 is 1.28 bits per heavy atom. The van der Waals surface area contributed by atoms with Gasteiger partial charge in [-0.05, 0) is 56.3 Å². The number of piperidine rings is 1. The minimum absolute atomic E-state index is 0. The number of benzene rings is 1. The van der Waals surface area contributed by atoms with Crippen molar-refractivity contribution in [1.29, 1.82) is 0 Å². The summed E-state index contributed by atoms with van der Waals surface area (Å²) < 4.78 is 5.18. The first kappa shape index (κ1) is 24.0. The van der Waals surface area contributed by atoms with E-state index in [9.17, 15) is 0 Å². The number of guanidine groups is 1. The van der Waals surface area contributed by atoms with E-state index in [2.05, 4.69) is 56.8 Å². The third kappa shape index (κ3) is 6.86. The number of H-pyrrole nitrogens is 1. The summed E-state index contributed by atoms with van der Waals surface area (Å²) in [5.41, 5.74) is 3.89. The molecule has 1 saturated heterocycles. The van der Waals surface area contributed by atoms with E-state index in [1.807, 2.05) is 7.05 Å². The molecule has 3 N–H and O–H groups in total. The van der Waals surface area contributed by atoms with Crippen molar-refractivity contribution >= 4 is 40.8 Å². The second-order valence-corrected chi connectivity index (χ2v) is 7.72. The van der Waals surface area contributed by atoms with Crippen LogP contribution in [0.5, 0.6) is 0 Å². The number of para-hydroxylation sites is 1. The first-order valence-corrected chi connectivity index (χ1v) is 10.4. The molecule has 1 aromatic heterocycles. The molecule has 1 fully saturated rings. The van der Waals surface area contributed by atoms with Crippen LogP contribution in [-0.2, 0) is 11.2 Å². The number of hydrogen-bond donors (Lipinski definition) is 3. The predicted molar refractivity (Wildman–Crippen MR) is 133 cm³/mol. The summed E-state index contributed by atoms with van der Waals surface area (Å²) in [6, 6.07) is 6.47. The summed E-state index contributed by atoms with van der Waals surface area (Å²) in [6.07, 6.45) is 5.58. The highest BCUT2D eigenvalue weighted by Crippen LogP contribution is 2.21. The normalized spacial score (nSPS) is 16.0. The van der Waals surface area contributed by atoms with E-state index in [0.717, 1.165) is 38.6 Å². The SMILES string of the molecule is CN=C(NCCc1c[nH]c2c(C)cccc12)NCC1CCN(CCOC)CC1.I. The first-order valence-electron chi connectivity index (χ1n) is 10.4. The Kier molecular flexibility index (Phi) is 10.2. The van der Waals surface area contributed by atoms with Gasteiger partial charge in [-0.1, -0.05) is 18.2 Å². The third-order valence-corrected chi connectivity index (χ3v) is 5.80.